The second-order valence-electron chi connectivity index (χ2n) is 5.45. The summed E-state index contributed by atoms with van der Waals surface area (Å²) >= 11 is 1.62. The van der Waals surface area contributed by atoms with Gasteiger partial charge >= 0.3 is 0 Å². The van der Waals surface area contributed by atoms with Crippen LogP contribution in [0.15, 0.2) is 65.7 Å². The zero-order valence-corrected chi connectivity index (χ0v) is 13.5. The molecule has 0 fully saturated rings. The van der Waals surface area contributed by atoms with Crippen molar-refractivity contribution in [3.63, 3.8) is 0 Å². The number of anilines is 1. The minimum Gasteiger partial charge on any atom is -0.377 e. The lowest BCUT2D eigenvalue weighted by Crippen LogP contribution is -2.06. The van der Waals surface area contributed by atoms with Crippen LogP contribution in [-0.2, 0) is 0 Å². The van der Waals surface area contributed by atoms with Crippen molar-refractivity contribution in [1.29, 1.82) is 0 Å². The molecule has 3 aromatic heterocycles. The largest absolute Gasteiger partial charge is 0.377 e. The number of imidazole rings is 1. The Bertz CT molecular complexity index is 877. The molecular weight excluding hydrogens is 304 g/mol. The van der Waals surface area contributed by atoms with Gasteiger partial charge in [-0.05, 0) is 31.2 Å². The fourth-order valence-electron chi connectivity index (χ4n) is 2.57. The molecule has 1 N–H and O–H groups in total. The molecule has 0 aliphatic rings. The van der Waals surface area contributed by atoms with Crippen LogP contribution in [0.5, 0.6) is 0 Å². The molecule has 0 spiro atoms. The van der Waals surface area contributed by atoms with Gasteiger partial charge in [-0.15, -0.1) is 11.3 Å². The molecule has 114 valence electrons. The molecule has 0 radical (unpaired) electrons. The van der Waals surface area contributed by atoms with E-state index < -0.39 is 0 Å². The van der Waals surface area contributed by atoms with E-state index in [2.05, 4.69) is 58.1 Å². The summed E-state index contributed by atoms with van der Waals surface area (Å²) < 4.78 is 2.03. The van der Waals surface area contributed by atoms with E-state index >= 15 is 0 Å². The number of benzene rings is 1. The van der Waals surface area contributed by atoms with Crippen LogP contribution in [0.3, 0.4) is 0 Å². The highest BCUT2D eigenvalue weighted by Crippen LogP contribution is 2.24. The first-order valence-electron chi connectivity index (χ1n) is 7.48. The highest BCUT2D eigenvalue weighted by atomic mass is 32.1. The second-order valence-corrected chi connectivity index (χ2v) is 6.17. The van der Waals surface area contributed by atoms with E-state index in [1.807, 2.05) is 34.3 Å². The lowest BCUT2D eigenvalue weighted by atomic mass is 10.1. The standard InChI is InChI=1S/C18H16N4S/c1-13(17-11-23-12-19-17)20-15-7-5-14(6-8-15)16-10-22-9-3-2-4-18(22)21-16/h2-13,20H,1H3. The van der Waals surface area contributed by atoms with E-state index in [9.17, 15) is 0 Å². The third-order valence-electron chi connectivity index (χ3n) is 3.82. The maximum absolute atomic E-state index is 4.65. The van der Waals surface area contributed by atoms with Crippen molar-refractivity contribution >= 4 is 22.7 Å². The predicted molar refractivity (Wildman–Crippen MR) is 94.8 cm³/mol. The van der Waals surface area contributed by atoms with Crippen LogP contribution in [0.4, 0.5) is 5.69 Å². The van der Waals surface area contributed by atoms with Gasteiger partial charge in [0, 0.05) is 29.0 Å². The Hall–Kier alpha value is -2.66. The average Bonchev–Trinajstić information content (AvgIpc) is 3.25. The first-order chi connectivity index (χ1) is 11.3. The topological polar surface area (TPSA) is 42.2 Å². The van der Waals surface area contributed by atoms with E-state index in [0.29, 0.717) is 0 Å². The molecule has 0 saturated carbocycles. The van der Waals surface area contributed by atoms with E-state index in [1.165, 1.54) is 0 Å². The zero-order valence-electron chi connectivity index (χ0n) is 12.7. The average molecular weight is 320 g/mol. The highest BCUT2D eigenvalue weighted by Gasteiger charge is 2.08. The SMILES string of the molecule is CC(Nc1ccc(-c2cn3ccccc3n2)cc1)c1cscn1. The number of fused-ring (bicyclic) bond motifs is 1. The van der Waals surface area contributed by atoms with E-state index in [1.54, 1.807) is 11.3 Å². The molecule has 23 heavy (non-hydrogen) atoms. The Morgan fingerprint density at radius 3 is 2.74 bits per heavy atom. The predicted octanol–water partition coefficient (Wildman–Crippen LogP) is 4.63. The molecule has 1 unspecified atom stereocenters. The van der Waals surface area contributed by atoms with Crippen molar-refractivity contribution < 1.29 is 0 Å². The van der Waals surface area contributed by atoms with Crippen LogP contribution in [0.1, 0.15) is 18.7 Å². The smallest absolute Gasteiger partial charge is 0.137 e. The number of nitrogens with one attached hydrogen (secondary N) is 1. The summed E-state index contributed by atoms with van der Waals surface area (Å²) in [5.74, 6) is 0. The van der Waals surface area contributed by atoms with Gasteiger partial charge in [-0.2, -0.15) is 0 Å². The number of hydrogen-bond donors (Lipinski definition) is 1. The molecule has 4 rings (SSSR count). The van der Waals surface area contributed by atoms with Crippen molar-refractivity contribution in [1.82, 2.24) is 14.4 Å². The first-order valence-corrected chi connectivity index (χ1v) is 8.43. The summed E-state index contributed by atoms with van der Waals surface area (Å²) in [6.07, 6.45) is 4.06. The first kappa shape index (κ1) is 14.0. The van der Waals surface area contributed by atoms with Gasteiger partial charge in [-0.3, -0.25) is 0 Å². The van der Waals surface area contributed by atoms with Crippen LogP contribution in [-0.4, -0.2) is 14.4 Å². The summed E-state index contributed by atoms with van der Waals surface area (Å²) in [6, 6.07) is 14.6. The Morgan fingerprint density at radius 2 is 2.00 bits per heavy atom. The number of aromatic nitrogens is 3. The molecule has 1 aromatic carbocycles. The lowest BCUT2D eigenvalue weighted by Gasteiger charge is -2.13. The Kier molecular flexibility index (Phi) is 3.55. The normalized spacial score (nSPS) is 12.4. The van der Waals surface area contributed by atoms with Crippen molar-refractivity contribution in [2.45, 2.75) is 13.0 Å². The minimum atomic E-state index is 0.197. The van der Waals surface area contributed by atoms with E-state index in [-0.39, 0.29) is 6.04 Å². The third-order valence-corrected chi connectivity index (χ3v) is 4.43. The summed E-state index contributed by atoms with van der Waals surface area (Å²) in [5, 5.41) is 5.54. The fraction of sp³-hybridized carbons (Fsp3) is 0.111. The Labute approximate surface area is 138 Å². The van der Waals surface area contributed by atoms with Crippen LogP contribution < -0.4 is 5.32 Å². The number of pyridine rings is 1. The van der Waals surface area contributed by atoms with Crippen LogP contribution in [0.25, 0.3) is 16.9 Å². The van der Waals surface area contributed by atoms with Gasteiger partial charge in [0.2, 0.25) is 0 Å². The highest BCUT2D eigenvalue weighted by molar-refractivity contribution is 7.07. The summed E-state index contributed by atoms with van der Waals surface area (Å²) in [7, 11) is 0. The number of hydrogen-bond acceptors (Lipinski definition) is 4. The molecule has 5 heteroatoms. The van der Waals surface area contributed by atoms with Gasteiger partial charge in [-0.25, -0.2) is 9.97 Å². The Balaban J connectivity index is 1.55. The van der Waals surface area contributed by atoms with Crippen LogP contribution in [0.2, 0.25) is 0 Å². The van der Waals surface area contributed by atoms with Crippen molar-refractivity contribution in [3.8, 4) is 11.3 Å². The molecule has 0 amide bonds. The van der Waals surface area contributed by atoms with Gasteiger partial charge in [0.25, 0.3) is 0 Å². The maximum atomic E-state index is 4.65. The van der Waals surface area contributed by atoms with Gasteiger partial charge < -0.3 is 9.72 Å². The summed E-state index contributed by atoms with van der Waals surface area (Å²) in [4.78, 5) is 8.99. The van der Waals surface area contributed by atoms with Crippen molar-refractivity contribution in [3.05, 3.63) is 71.4 Å². The van der Waals surface area contributed by atoms with Gasteiger partial charge in [0.05, 0.1) is 22.9 Å². The number of thiazole rings is 1. The quantitative estimate of drug-likeness (QED) is 0.596. The summed E-state index contributed by atoms with van der Waals surface area (Å²) in [6.45, 7) is 2.12. The van der Waals surface area contributed by atoms with Crippen LogP contribution in [0, 0.1) is 0 Å². The van der Waals surface area contributed by atoms with Gasteiger partial charge in [-0.1, -0.05) is 18.2 Å². The number of nitrogens with zero attached hydrogens (tertiary/aromatic N) is 3. The lowest BCUT2D eigenvalue weighted by molar-refractivity contribution is 0.850. The van der Waals surface area contributed by atoms with Crippen molar-refractivity contribution in [2.24, 2.45) is 0 Å². The number of rotatable bonds is 4. The molecule has 0 aliphatic carbocycles. The molecular formula is C18H16N4S. The monoisotopic (exact) mass is 320 g/mol. The second kappa shape index (κ2) is 5.85. The van der Waals surface area contributed by atoms with Gasteiger partial charge in [0.15, 0.2) is 0 Å². The fourth-order valence-corrected chi connectivity index (χ4v) is 3.22. The molecule has 4 aromatic rings. The third kappa shape index (κ3) is 2.83. The van der Waals surface area contributed by atoms with Gasteiger partial charge in [0.1, 0.15) is 5.65 Å². The molecule has 0 bridgehead atoms. The Morgan fingerprint density at radius 1 is 1.13 bits per heavy atom. The van der Waals surface area contributed by atoms with Crippen molar-refractivity contribution in [2.75, 3.05) is 5.32 Å². The molecule has 0 saturated heterocycles. The molecule has 1 atom stereocenters. The molecule has 0 aliphatic heterocycles. The zero-order chi connectivity index (χ0) is 15.6. The van der Waals surface area contributed by atoms with E-state index in [0.717, 1.165) is 28.3 Å². The minimum absolute atomic E-state index is 0.197. The molecule has 3 heterocycles. The summed E-state index contributed by atoms with van der Waals surface area (Å²) in [5.41, 5.74) is 7.06. The van der Waals surface area contributed by atoms with E-state index in [4.69, 9.17) is 0 Å². The molecule has 4 nitrogen and oxygen atoms in total. The maximum Gasteiger partial charge on any atom is 0.137 e. The van der Waals surface area contributed by atoms with Crippen LogP contribution >= 0.6 is 11.3 Å².